The van der Waals surface area contributed by atoms with Gasteiger partial charge in [-0.2, -0.15) is 0 Å². The number of nitrogens with one attached hydrogen (secondary N) is 1. The van der Waals surface area contributed by atoms with E-state index in [2.05, 4.69) is 27.0 Å². The van der Waals surface area contributed by atoms with Crippen molar-refractivity contribution < 1.29 is 13.2 Å². The Morgan fingerprint density at radius 1 is 1.19 bits per heavy atom. The Kier molecular flexibility index (Phi) is 6.67. The second-order valence-electron chi connectivity index (χ2n) is 8.87. The maximum absolute atomic E-state index is 11.9. The normalized spacial score (nSPS) is 15.7. The maximum atomic E-state index is 11.9. The second kappa shape index (κ2) is 9.46. The zero-order chi connectivity index (χ0) is 22.7. The first-order valence-corrected chi connectivity index (χ1v) is 13.0. The highest BCUT2D eigenvalue weighted by Gasteiger charge is 2.17. The van der Waals surface area contributed by atoms with Gasteiger partial charge in [-0.15, -0.1) is 0 Å². The smallest absolute Gasteiger partial charge is 0.175 e. The van der Waals surface area contributed by atoms with Gasteiger partial charge in [0.05, 0.1) is 11.1 Å². The molecular weight excluding hydrogens is 422 g/mol. The van der Waals surface area contributed by atoms with Gasteiger partial charge in [-0.1, -0.05) is 31.1 Å². The number of pyridine rings is 1. The summed E-state index contributed by atoms with van der Waals surface area (Å²) in [5.41, 5.74) is 3.88. The molecule has 0 atom stereocenters. The molecule has 0 amide bonds. The number of hydrogen-bond acceptors (Lipinski definition) is 5. The molecule has 7 heteroatoms. The molecule has 170 valence electrons. The summed E-state index contributed by atoms with van der Waals surface area (Å²) < 4.78 is 29.6. The lowest BCUT2D eigenvalue weighted by atomic mass is 9.96. The summed E-state index contributed by atoms with van der Waals surface area (Å²) in [4.78, 5) is 10.4. The number of sulfone groups is 1. The minimum absolute atomic E-state index is 0.333. The summed E-state index contributed by atoms with van der Waals surface area (Å²) in [5.74, 6) is 1.28. The van der Waals surface area contributed by atoms with Crippen molar-refractivity contribution in [1.29, 1.82) is 0 Å². The number of H-pyrrole nitrogens is 1. The van der Waals surface area contributed by atoms with Crippen LogP contribution in [-0.4, -0.2) is 56.8 Å². The van der Waals surface area contributed by atoms with E-state index in [1.807, 2.05) is 32.3 Å². The van der Waals surface area contributed by atoms with E-state index in [4.69, 9.17) is 4.74 Å². The van der Waals surface area contributed by atoms with Gasteiger partial charge in [0.25, 0.3) is 0 Å². The molecular formula is C25H31N3O3S. The molecule has 0 aliphatic heterocycles. The molecule has 6 nitrogen and oxygen atoms in total. The summed E-state index contributed by atoms with van der Waals surface area (Å²) in [6.45, 7) is 1.45. The quantitative estimate of drug-likeness (QED) is 0.542. The number of hydrogen-bond donors (Lipinski definition) is 1. The Morgan fingerprint density at radius 2 is 1.91 bits per heavy atom. The molecule has 4 rings (SSSR count). The first-order chi connectivity index (χ1) is 15.3. The molecule has 1 aliphatic rings. The molecule has 2 aromatic heterocycles. The van der Waals surface area contributed by atoms with Crippen molar-refractivity contribution in [2.45, 2.75) is 30.6 Å². The Hall–Kier alpha value is -2.64. The van der Waals surface area contributed by atoms with Crippen molar-refractivity contribution in [1.82, 2.24) is 14.9 Å². The van der Waals surface area contributed by atoms with Crippen LogP contribution in [0.1, 0.15) is 36.9 Å². The molecule has 1 aliphatic carbocycles. The first-order valence-electron chi connectivity index (χ1n) is 11.1. The SMILES string of the molecule is CN(C)CCOc1cnc2[nH]c(C(=CC3CCCC3)c3ccc(S(C)(=O)=O)cc3)cc2c1. The minimum Gasteiger partial charge on any atom is -0.491 e. The second-order valence-corrected chi connectivity index (χ2v) is 10.9. The van der Waals surface area contributed by atoms with Crippen LogP contribution in [0.5, 0.6) is 5.75 Å². The van der Waals surface area contributed by atoms with Crippen molar-refractivity contribution in [3.63, 3.8) is 0 Å². The average molecular weight is 454 g/mol. The Labute approximate surface area is 190 Å². The molecule has 1 N–H and O–H groups in total. The molecule has 0 bridgehead atoms. The number of allylic oxidation sites excluding steroid dienone is 1. The molecule has 32 heavy (non-hydrogen) atoms. The lowest BCUT2D eigenvalue weighted by Gasteiger charge is -2.11. The third kappa shape index (κ3) is 5.40. The van der Waals surface area contributed by atoms with Gasteiger partial charge in [0, 0.05) is 29.5 Å². The van der Waals surface area contributed by atoms with E-state index >= 15 is 0 Å². The monoisotopic (exact) mass is 453 g/mol. The van der Waals surface area contributed by atoms with Gasteiger partial charge in [-0.05, 0) is 62.7 Å². The van der Waals surface area contributed by atoms with Crippen LogP contribution in [0, 0.1) is 5.92 Å². The number of likely N-dealkylation sites (N-methyl/N-ethyl adjacent to an activating group) is 1. The van der Waals surface area contributed by atoms with Crippen LogP contribution in [0.25, 0.3) is 16.6 Å². The molecule has 1 aromatic carbocycles. The van der Waals surface area contributed by atoms with Gasteiger partial charge in [0.15, 0.2) is 9.84 Å². The average Bonchev–Trinajstić information content (AvgIpc) is 3.40. The van der Waals surface area contributed by atoms with Crippen LogP contribution in [0.15, 0.2) is 53.6 Å². The number of rotatable bonds is 8. The zero-order valence-corrected chi connectivity index (χ0v) is 19.8. The number of fused-ring (bicyclic) bond motifs is 1. The standard InChI is InChI=1S/C25H31N3O3S/c1-28(2)12-13-31-21-15-20-16-24(27-25(20)26-17-21)23(14-18-6-4-5-7-18)19-8-10-22(11-9-19)32(3,29)30/h8-11,14-18H,4-7,12-13H2,1-3H3,(H,26,27). The molecule has 0 saturated heterocycles. The third-order valence-electron chi connectivity index (χ3n) is 5.94. The van der Waals surface area contributed by atoms with Gasteiger partial charge in [0.2, 0.25) is 0 Å². The van der Waals surface area contributed by atoms with Crippen LogP contribution < -0.4 is 4.74 Å². The predicted octanol–water partition coefficient (Wildman–Crippen LogP) is 4.53. The molecule has 1 saturated carbocycles. The van der Waals surface area contributed by atoms with Crippen LogP contribution in [-0.2, 0) is 9.84 Å². The summed E-state index contributed by atoms with van der Waals surface area (Å²) in [6.07, 6.45) is 10.2. The summed E-state index contributed by atoms with van der Waals surface area (Å²) >= 11 is 0. The van der Waals surface area contributed by atoms with E-state index in [-0.39, 0.29) is 0 Å². The fourth-order valence-electron chi connectivity index (χ4n) is 4.15. The van der Waals surface area contributed by atoms with Gasteiger partial charge in [-0.3, -0.25) is 0 Å². The largest absolute Gasteiger partial charge is 0.491 e. The molecule has 0 radical (unpaired) electrons. The Balaban J connectivity index is 1.67. The van der Waals surface area contributed by atoms with Crippen molar-refractivity contribution in [2.24, 2.45) is 5.92 Å². The van der Waals surface area contributed by atoms with E-state index in [0.717, 1.165) is 40.2 Å². The van der Waals surface area contributed by atoms with Crippen LogP contribution in [0.3, 0.4) is 0 Å². The molecule has 0 unspecified atom stereocenters. The number of ether oxygens (including phenoxy) is 1. The van der Waals surface area contributed by atoms with Gasteiger partial charge < -0.3 is 14.6 Å². The topological polar surface area (TPSA) is 75.3 Å². The van der Waals surface area contributed by atoms with Crippen LogP contribution in [0.2, 0.25) is 0 Å². The first kappa shape index (κ1) is 22.6. The number of benzene rings is 1. The van der Waals surface area contributed by atoms with Crippen molar-refractivity contribution in [3.8, 4) is 5.75 Å². The lowest BCUT2D eigenvalue weighted by Crippen LogP contribution is -2.19. The fraction of sp³-hybridized carbons (Fsp3) is 0.400. The maximum Gasteiger partial charge on any atom is 0.175 e. The Morgan fingerprint density at radius 3 is 2.56 bits per heavy atom. The predicted molar refractivity (Wildman–Crippen MR) is 129 cm³/mol. The van der Waals surface area contributed by atoms with Crippen molar-refractivity contribution >= 4 is 26.4 Å². The number of aromatic amines is 1. The lowest BCUT2D eigenvalue weighted by molar-refractivity contribution is 0.261. The van der Waals surface area contributed by atoms with Crippen LogP contribution >= 0.6 is 0 Å². The van der Waals surface area contributed by atoms with Crippen molar-refractivity contribution in [3.05, 3.63) is 59.9 Å². The van der Waals surface area contributed by atoms with Gasteiger partial charge in [-0.25, -0.2) is 13.4 Å². The minimum atomic E-state index is -3.22. The van der Waals surface area contributed by atoms with Gasteiger partial charge in [0.1, 0.15) is 18.0 Å². The molecule has 2 heterocycles. The zero-order valence-electron chi connectivity index (χ0n) is 19.0. The molecule has 1 fully saturated rings. The highest BCUT2D eigenvalue weighted by atomic mass is 32.2. The van der Waals surface area contributed by atoms with Crippen molar-refractivity contribution in [2.75, 3.05) is 33.5 Å². The highest BCUT2D eigenvalue weighted by Crippen LogP contribution is 2.33. The highest BCUT2D eigenvalue weighted by molar-refractivity contribution is 7.90. The van der Waals surface area contributed by atoms with Gasteiger partial charge >= 0.3 is 0 Å². The van der Waals surface area contributed by atoms with E-state index in [1.54, 1.807) is 18.3 Å². The fourth-order valence-corrected chi connectivity index (χ4v) is 4.78. The number of aromatic nitrogens is 2. The summed E-state index contributed by atoms with van der Waals surface area (Å²) in [7, 11) is 0.811. The van der Waals surface area contributed by atoms with E-state index in [1.165, 1.54) is 31.9 Å². The van der Waals surface area contributed by atoms with E-state index in [0.29, 0.717) is 17.4 Å². The number of nitrogens with zero attached hydrogens (tertiary/aromatic N) is 2. The Bertz CT molecular complexity index is 1200. The summed E-state index contributed by atoms with van der Waals surface area (Å²) in [5, 5.41) is 0.993. The summed E-state index contributed by atoms with van der Waals surface area (Å²) in [6, 6.07) is 11.3. The molecule has 0 spiro atoms. The van der Waals surface area contributed by atoms with E-state index in [9.17, 15) is 8.42 Å². The third-order valence-corrected chi connectivity index (χ3v) is 7.07. The van der Waals surface area contributed by atoms with Crippen LogP contribution in [0.4, 0.5) is 0 Å². The molecule has 3 aromatic rings. The van der Waals surface area contributed by atoms with E-state index < -0.39 is 9.84 Å².